The normalized spacial score (nSPS) is 21.3. The molecule has 248 valence electrons. The second-order valence-corrected chi connectivity index (χ2v) is 13.2. The van der Waals surface area contributed by atoms with Crippen LogP contribution in [0.15, 0.2) is 47.5 Å². The van der Waals surface area contributed by atoms with Gasteiger partial charge < -0.3 is 30.7 Å². The van der Waals surface area contributed by atoms with Gasteiger partial charge in [-0.15, -0.1) is 11.8 Å². The number of rotatable bonds is 12. The van der Waals surface area contributed by atoms with Crippen molar-refractivity contribution in [3.05, 3.63) is 65.4 Å². The highest BCUT2D eigenvalue weighted by Gasteiger charge is 2.36. The fourth-order valence-electron chi connectivity index (χ4n) is 6.29. The molecule has 2 fully saturated rings. The molecule has 2 aliphatic rings. The van der Waals surface area contributed by atoms with Crippen LogP contribution in [0.1, 0.15) is 62.2 Å². The van der Waals surface area contributed by atoms with E-state index in [1.54, 1.807) is 25.3 Å². The number of alkyl halides is 1. The Morgan fingerprint density at radius 1 is 1.09 bits per heavy atom. The topological polar surface area (TPSA) is 107 Å². The van der Waals surface area contributed by atoms with Crippen molar-refractivity contribution < 1.29 is 33.2 Å². The first-order valence-corrected chi connectivity index (χ1v) is 16.7. The standard InChI is InChI=1S/C28H33F3N2O3S.C6H13NO/c1-36-21-3-4-25-22(13-21)27(18(16-34)15-33-25)23(30)6-8-28(17-35)9-10-32-20(14-28)7-11-37-26-5-2-19(29)12-24(26)31;8-5-6-1-3-7-4-2-6/h2-5,12-13,15,20,23,32,34-35H,6-11,14,16-17H2,1H3;6-8H,1-5H2/t20-,23-,28?;/m1./s1. The Kier molecular flexibility index (Phi) is 13.8. The summed E-state index contributed by atoms with van der Waals surface area (Å²) in [5, 5.41) is 36.2. The zero-order valence-corrected chi connectivity index (χ0v) is 26.7. The number of pyridine rings is 1. The number of nitrogens with one attached hydrogen (secondary N) is 2. The van der Waals surface area contributed by atoms with Crippen molar-refractivity contribution in [1.82, 2.24) is 15.6 Å². The van der Waals surface area contributed by atoms with Gasteiger partial charge in [-0.25, -0.2) is 13.2 Å². The number of nitrogens with zero attached hydrogens (tertiary/aromatic N) is 1. The lowest BCUT2D eigenvalue weighted by Crippen LogP contribution is -2.46. The summed E-state index contributed by atoms with van der Waals surface area (Å²) in [5.74, 6) is 0.641. The number of halogens is 3. The van der Waals surface area contributed by atoms with Crippen LogP contribution < -0.4 is 15.4 Å². The predicted octanol–water partition coefficient (Wildman–Crippen LogP) is 5.70. The highest BCUT2D eigenvalue weighted by Crippen LogP contribution is 2.41. The largest absolute Gasteiger partial charge is 0.497 e. The molecule has 0 spiro atoms. The van der Waals surface area contributed by atoms with Crippen LogP contribution in [-0.4, -0.2) is 72.1 Å². The molecule has 1 aromatic heterocycles. The number of ether oxygens (including phenoxy) is 1. The second kappa shape index (κ2) is 17.5. The third-order valence-electron chi connectivity index (χ3n) is 9.05. The van der Waals surface area contributed by atoms with Crippen molar-refractivity contribution in [3.63, 3.8) is 0 Å². The van der Waals surface area contributed by atoms with Crippen LogP contribution in [0, 0.1) is 23.0 Å². The minimum atomic E-state index is -1.34. The van der Waals surface area contributed by atoms with Crippen LogP contribution in [0.5, 0.6) is 5.75 Å². The van der Waals surface area contributed by atoms with Gasteiger partial charge in [0.15, 0.2) is 0 Å². The van der Waals surface area contributed by atoms with Gasteiger partial charge in [-0.05, 0) is 112 Å². The molecule has 45 heavy (non-hydrogen) atoms. The van der Waals surface area contributed by atoms with Gasteiger partial charge >= 0.3 is 0 Å². The molecule has 3 heterocycles. The van der Waals surface area contributed by atoms with Crippen molar-refractivity contribution >= 4 is 22.7 Å². The quantitative estimate of drug-likeness (QED) is 0.159. The first kappa shape index (κ1) is 35.4. The summed E-state index contributed by atoms with van der Waals surface area (Å²) in [4.78, 5) is 4.75. The number of benzene rings is 2. The summed E-state index contributed by atoms with van der Waals surface area (Å²) < 4.78 is 48.2. The van der Waals surface area contributed by atoms with E-state index in [0.29, 0.717) is 70.3 Å². The highest BCUT2D eigenvalue weighted by molar-refractivity contribution is 7.99. The van der Waals surface area contributed by atoms with Crippen LogP contribution in [-0.2, 0) is 6.61 Å². The summed E-state index contributed by atoms with van der Waals surface area (Å²) in [5.41, 5.74) is 1.07. The van der Waals surface area contributed by atoms with E-state index in [4.69, 9.17) is 9.84 Å². The molecule has 0 saturated carbocycles. The molecule has 0 bridgehead atoms. The lowest BCUT2D eigenvalue weighted by Gasteiger charge is -2.41. The summed E-state index contributed by atoms with van der Waals surface area (Å²) >= 11 is 1.34. The predicted molar refractivity (Wildman–Crippen MR) is 172 cm³/mol. The summed E-state index contributed by atoms with van der Waals surface area (Å²) in [6.07, 6.45) is 5.31. The maximum Gasteiger partial charge on any atom is 0.139 e. The Morgan fingerprint density at radius 2 is 1.89 bits per heavy atom. The van der Waals surface area contributed by atoms with E-state index < -0.39 is 23.2 Å². The van der Waals surface area contributed by atoms with Crippen LogP contribution in [0.4, 0.5) is 13.2 Å². The molecule has 2 saturated heterocycles. The zero-order valence-electron chi connectivity index (χ0n) is 25.9. The van der Waals surface area contributed by atoms with Gasteiger partial charge in [0.2, 0.25) is 0 Å². The molecule has 7 nitrogen and oxygen atoms in total. The Bertz CT molecular complexity index is 1360. The molecular formula is C34H46F3N3O4S. The van der Waals surface area contributed by atoms with E-state index in [-0.39, 0.29) is 25.7 Å². The van der Waals surface area contributed by atoms with Gasteiger partial charge in [0, 0.05) is 52.9 Å². The smallest absolute Gasteiger partial charge is 0.139 e. The van der Waals surface area contributed by atoms with Crippen LogP contribution >= 0.6 is 11.8 Å². The number of piperidine rings is 2. The second-order valence-electron chi connectivity index (χ2n) is 12.1. The van der Waals surface area contributed by atoms with Gasteiger partial charge in [-0.3, -0.25) is 4.98 Å². The van der Waals surface area contributed by atoms with Crippen molar-refractivity contribution in [2.75, 3.05) is 45.7 Å². The Hall–Kier alpha value is -2.41. The van der Waals surface area contributed by atoms with Crippen LogP contribution in [0.2, 0.25) is 0 Å². The highest BCUT2D eigenvalue weighted by atomic mass is 32.2. The summed E-state index contributed by atoms with van der Waals surface area (Å²) in [6, 6.07) is 8.97. The van der Waals surface area contributed by atoms with Gasteiger partial charge in [0.25, 0.3) is 0 Å². The third kappa shape index (κ3) is 9.79. The number of aliphatic hydroxyl groups is 3. The number of aromatic nitrogens is 1. The number of thioether (sulfide) groups is 1. The third-order valence-corrected chi connectivity index (χ3v) is 10.1. The fourth-order valence-corrected chi connectivity index (χ4v) is 7.28. The molecule has 3 atom stereocenters. The van der Waals surface area contributed by atoms with Crippen molar-refractivity contribution in [2.24, 2.45) is 11.3 Å². The van der Waals surface area contributed by atoms with E-state index in [1.807, 2.05) is 0 Å². The lowest BCUT2D eigenvalue weighted by molar-refractivity contribution is 0.0528. The molecule has 0 aliphatic carbocycles. The average Bonchev–Trinajstić information content (AvgIpc) is 3.08. The van der Waals surface area contributed by atoms with E-state index in [1.165, 1.54) is 30.1 Å². The van der Waals surface area contributed by atoms with E-state index in [2.05, 4.69) is 15.6 Å². The summed E-state index contributed by atoms with van der Waals surface area (Å²) in [7, 11) is 1.55. The average molecular weight is 650 g/mol. The molecule has 1 unspecified atom stereocenters. The van der Waals surface area contributed by atoms with Crippen molar-refractivity contribution in [3.8, 4) is 5.75 Å². The molecule has 0 radical (unpaired) electrons. The zero-order chi connectivity index (χ0) is 32.2. The minimum Gasteiger partial charge on any atom is -0.497 e. The van der Waals surface area contributed by atoms with Gasteiger partial charge in [-0.1, -0.05) is 0 Å². The van der Waals surface area contributed by atoms with E-state index >= 15 is 4.39 Å². The molecule has 2 aromatic carbocycles. The number of aliphatic hydroxyl groups excluding tert-OH is 3. The molecule has 11 heteroatoms. The molecule has 5 N–H and O–H groups in total. The molecule has 0 amide bonds. The van der Waals surface area contributed by atoms with Gasteiger partial charge in [0.1, 0.15) is 23.6 Å². The van der Waals surface area contributed by atoms with Crippen molar-refractivity contribution in [1.29, 1.82) is 0 Å². The van der Waals surface area contributed by atoms with E-state index in [9.17, 15) is 19.0 Å². The molecular weight excluding hydrogens is 603 g/mol. The monoisotopic (exact) mass is 649 g/mol. The molecule has 5 rings (SSSR count). The first-order valence-electron chi connectivity index (χ1n) is 15.8. The Morgan fingerprint density at radius 3 is 2.56 bits per heavy atom. The Balaban J connectivity index is 0.000000501. The minimum absolute atomic E-state index is 0.0462. The molecule has 3 aromatic rings. The number of methoxy groups -OCH3 is 1. The molecule has 2 aliphatic heterocycles. The lowest BCUT2D eigenvalue weighted by atomic mass is 9.72. The van der Waals surface area contributed by atoms with E-state index in [0.717, 1.165) is 44.8 Å². The fraction of sp³-hybridized carbons (Fsp3) is 0.559. The summed E-state index contributed by atoms with van der Waals surface area (Å²) in [6.45, 7) is 2.89. The van der Waals surface area contributed by atoms with Gasteiger partial charge in [0.05, 0.1) is 19.2 Å². The van der Waals surface area contributed by atoms with Crippen molar-refractivity contribution in [2.45, 2.75) is 68.7 Å². The first-order chi connectivity index (χ1) is 21.8. The number of hydrogen-bond donors (Lipinski definition) is 5. The van der Waals surface area contributed by atoms with Gasteiger partial charge in [-0.2, -0.15) is 0 Å². The number of fused-ring (bicyclic) bond motifs is 1. The Labute approximate surface area is 268 Å². The maximum absolute atomic E-state index is 15.8. The van der Waals surface area contributed by atoms with Crippen LogP contribution in [0.25, 0.3) is 10.9 Å². The maximum atomic E-state index is 15.8. The number of hydrogen-bond acceptors (Lipinski definition) is 8. The SMILES string of the molecule is COc1ccc2ncc(CO)c([C@H](F)CCC3(CO)CCN[C@H](CCSc4ccc(F)cc4F)C3)c2c1.OCC1CCNCC1. The van der Waals surface area contributed by atoms with Crippen LogP contribution in [0.3, 0.4) is 0 Å².